The van der Waals surface area contributed by atoms with Gasteiger partial charge in [-0.2, -0.15) is 5.48 Å². The van der Waals surface area contributed by atoms with Crippen LogP contribution in [0, 0.1) is 5.92 Å². The molecule has 0 radical (unpaired) electrons. The van der Waals surface area contributed by atoms with Crippen molar-refractivity contribution in [2.45, 2.75) is 90.6 Å². The smallest absolute Gasteiger partial charge is 0.246 e. The van der Waals surface area contributed by atoms with Crippen molar-refractivity contribution in [3.05, 3.63) is 0 Å². The minimum atomic E-state index is -1.23. The van der Waals surface area contributed by atoms with Gasteiger partial charge in [-0.15, -0.1) is 0 Å². The van der Waals surface area contributed by atoms with Crippen LogP contribution in [0.4, 0.5) is 0 Å². The number of amides is 6. The van der Waals surface area contributed by atoms with E-state index < -0.39 is 65.7 Å². The first-order valence-corrected chi connectivity index (χ1v) is 12.5. The van der Waals surface area contributed by atoms with Crippen LogP contribution < -0.4 is 43.9 Å². The molecule has 0 aromatic rings. The minimum absolute atomic E-state index is 0.0704. The van der Waals surface area contributed by atoms with Gasteiger partial charge in [0.25, 0.3) is 0 Å². The van der Waals surface area contributed by atoms with Crippen molar-refractivity contribution in [1.82, 2.24) is 26.7 Å². The third-order valence-electron chi connectivity index (χ3n) is 5.34. The van der Waals surface area contributed by atoms with Crippen molar-refractivity contribution in [2.24, 2.45) is 23.1 Å². The van der Waals surface area contributed by atoms with Crippen LogP contribution in [0.15, 0.2) is 0 Å². The minimum Gasteiger partial charge on any atom is -0.368 e. The highest BCUT2D eigenvalue weighted by Crippen LogP contribution is 2.06. The summed E-state index contributed by atoms with van der Waals surface area (Å²) in [4.78, 5) is 77.9. The second-order valence-corrected chi connectivity index (χ2v) is 9.44. The average Bonchev–Trinajstić information content (AvgIpc) is 2.79. The lowest BCUT2D eigenvalue weighted by molar-refractivity contribution is -0.137. The number of hydrogen-bond donors (Lipinski definition) is 8. The Morgan fingerprint density at radius 2 is 1.29 bits per heavy atom. The van der Waals surface area contributed by atoms with Gasteiger partial charge in [0, 0.05) is 13.8 Å². The predicted octanol–water partition coefficient (Wildman–Crippen LogP) is -2.98. The summed E-state index contributed by atoms with van der Waals surface area (Å²) in [7, 11) is 0. The van der Waals surface area contributed by atoms with Crippen LogP contribution in [0.25, 0.3) is 0 Å². The Balaban J connectivity index is 5.32. The fourth-order valence-electron chi connectivity index (χ4n) is 3.43. The second kappa shape index (κ2) is 18.0. The summed E-state index contributed by atoms with van der Waals surface area (Å²) < 4.78 is 0. The lowest BCUT2D eigenvalue weighted by Crippen LogP contribution is -2.58. The molecule has 0 bridgehead atoms. The van der Waals surface area contributed by atoms with Gasteiger partial charge in [-0.3, -0.25) is 33.6 Å². The van der Waals surface area contributed by atoms with Crippen molar-refractivity contribution in [3.63, 3.8) is 0 Å². The number of carbonyl (C=O) groups is 6. The highest BCUT2D eigenvalue weighted by molar-refractivity contribution is 5.92. The van der Waals surface area contributed by atoms with E-state index in [1.807, 2.05) is 13.8 Å². The molecule has 0 aliphatic heterocycles. The lowest BCUT2D eigenvalue weighted by Gasteiger charge is -2.27. The molecule has 11 N–H and O–H groups in total. The van der Waals surface area contributed by atoms with Gasteiger partial charge in [-0.1, -0.05) is 13.8 Å². The first-order valence-electron chi connectivity index (χ1n) is 12.5. The van der Waals surface area contributed by atoms with Gasteiger partial charge < -0.3 is 38.5 Å². The maximum atomic E-state index is 12.9. The van der Waals surface area contributed by atoms with Crippen molar-refractivity contribution in [3.8, 4) is 0 Å². The third-order valence-corrected chi connectivity index (χ3v) is 5.34. The molecule has 0 aromatic carbocycles. The number of rotatable bonds is 19. The molecular formula is C23H44N8O7. The van der Waals surface area contributed by atoms with Gasteiger partial charge in [0.2, 0.25) is 35.4 Å². The van der Waals surface area contributed by atoms with Gasteiger partial charge in [-0.25, -0.2) is 0 Å². The molecule has 15 heteroatoms. The van der Waals surface area contributed by atoms with Crippen LogP contribution in [0.1, 0.15) is 60.3 Å². The molecule has 15 nitrogen and oxygen atoms in total. The number of nitrogens with one attached hydrogen (secondary N) is 5. The highest BCUT2D eigenvalue weighted by Gasteiger charge is 2.31. The zero-order valence-electron chi connectivity index (χ0n) is 22.8. The molecule has 0 rings (SSSR count). The Bertz CT molecular complexity index is 824. The largest absolute Gasteiger partial charge is 0.368 e. The van der Waals surface area contributed by atoms with Gasteiger partial charge in [-0.05, 0) is 45.1 Å². The van der Waals surface area contributed by atoms with Crippen LogP contribution in [0.3, 0.4) is 0 Å². The molecule has 218 valence electrons. The number of carbonyl (C=O) groups excluding carboxylic acids is 6. The molecule has 0 saturated heterocycles. The molecular weight excluding hydrogens is 500 g/mol. The van der Waals surface area contributed by atoms with E-state index >= 15 is 0 Å². The molecule has 0 aliphatic carbocycles. The number of hydroxylamine groups is 1. The Kier molecular flexibility index (Phi) is 16.5. The van der Waals surface area contributed by atoms with Crippen LogP contribution in [0.2, 0.25) is 0 Å². The molecule has 0 spiro atoms. The van der Waals surface area contributed by atoms with E-state index in [1.54, 1.807) is 0 Å². The highest BCUT2D eigenvalue weighted by atomic mass is 16.7. The molecule has 0 aromatic heterocycles. The van der Waals surface area contributed by atoms with E-state index in [9.17, 15) is 28.8 Å². The summed E-state index contributed by atoms with van der Waals surface area (Å²) in [5.41, 5.74) is 18.7. The summed E-state index contributed by atoms with van der Waals surface area (Å²) in [6.45, 7) is 7.78. The van der Waals surface area contributed by atoms with Crippen LogP contribution >= 0.6 is 0 Å². The quantitative estimate of drug-likeness (QED) is 0.0609. The normalized spacial score (nSPS) is 14.9. The average molecular weight is 545 g/mol. The monoisotopic (exact) mass is 544 g/mol. The van der Waals surface area contributed by atoms with E-state index in [2.05, 4.69) is 26.7 Å². The molecule has 0 aliphatic rings. The number of nitrogens with two attached hydrogens (primary N) is 3. The number of primary amides is 2. The van der Waals surface area contributed by atoms with E-state index in [4.69, 9.17) is 22.0 Å². The summed E-state index contributed by atoms with van der Waals surface area (Å²) in [5, 5.41) is 9.92. The first-order chi connectivity index (χ1) is 17.7. The van der Waals surface area contributed by atoms with Crippen LogP contribution in [-0.2, 0) is 33.6 Å². The molecule has 0 heterocycles. The molecule has 0 fully saturated rings. The summed E-state index contributed by atoms with van der Waals surface area (Å²) >= 11 is 0. The molecule has 5 atom stereocenters. The van der Waals surface area contributed by atoms with E-state index in [0.717, 1.165) is 0 Å². The molecule has 6 amide bonds. The van der Waals surface area contributed by atoms with E-state index in [1.165, 1.54) is 20.8 Å². The third kappa shape index (κ3) is 14.4. The van der Waals surface area contributed by atoms with Gasteiger partial charge >= 0.3 is 0 Å². The Labute approximate surface area is 223 Å². The summed E-state index contributed by atoms with van der Waals surface area (Å²) in [6.07, 6.45) is 0.787. The predicted molar refractivity (Wildman–Crippen MR) is 138 cm³/mol. The van der Waals surface area contributed by atoms with Crippen molar-refractivity contribution >= 4 is 35.4 Å². The Hall–Kier alpha value is -3.30. The molecule has 1 unspecified atom stereocenters. The Morgan fingerprint density at radius 3 is 1.76 bits per heavy atom. The standard InChI is InChI=1S/C23H44N8O7/c1-12(2)10-17(21(26)35)31-22(36)18(28-14(4)32)11-27-38-13(3)19(29-15(5)33)23(37)30-16(20(25)34)8-6-7-9-24/h12-13,16-19,27H,6-11,24H2,1-5H3,(H2,25,34)(H2,26,35)(H,28,32)(H,29,33)(H,30,37)(H,31,36)/t13?,16-,17-,18-,19-/m0/s1. The zero-order chi connectivity index (χ0) is 29.4. The first kappa shape index (κ1) is 34.7. The van der Waals surface area contributed by atoms with Crippen molar-refractivity contribution < 1.29 is 33.6 Å². The topological polar surface area (TPSA) is 250 Å². The van der Waals surface area contributed by atoms with Gasteiger partial charge in [0.1, 0.15) is 30.3 Å². The Morgan fingerprint density at radius 1 is 0.737 bits per heavy atom. The van der Waals surface area contributed by atoms with Gasteiger partial charge in [0.15, 0.2) is 0 Å². The van der Waals surface area contributed by atoms with Crippen LogP contribution in [-0.4, -0.2) is 78.8 Å². The number of unbranched alkanes of at least 4 members (excludes halogenated alkanes) is 1. The maximum absolute atomic E-state index is 12.9. The maximum Gasteiger partial charge on any atom is 0.246 e. The molecule has 0 saturated carbocycles. The fraction of sp³-hybridized carbons (Fsp3) is 0.739. The lowest BCUT2D eigenvalue weighted by atomic mass is 10.0. The van der Waals surface area contributed by atoms with Gasteiger partial charge in [0.05, 0.1) is 6.54 Å². The second-order valence-electron chi connectivity index (χ2n) is 9.44. The SMILES string of the molecule is CC(=O)N[C@@H](CNOC(C)[C@H](NC(C)=O)C(=O)N[C@@H](CCCCN)C(N)=O)C(=O)N[C@@H](CC(C)C)C(N)=O. The molecule has 38 heavy (non-hydrogen) atoms. The number of hydrogen-bond acceptors (Lipinski definition) is 9. The fourth-order valence-corrected chi connectivity index (χ4v) is 3.43. The van der Waals surface area contributed by atoms with E-state index in [0.29, 0.717) is 25.8 Å². The van der Waals surface area contributed by atoms with Crippen molar-refractivity contribution in [2.75, 3.05) is 13.1 Å². The summed E-state index contributed by atoms with van der Waals surface area (Å²) in [5.74, 6) is -3.81. The van der Waals surface area contributed by atoms with Crippen molar-refractivity contribution in [1.29, 1.82) is 0 Å². The summed E-state index contributed by atoms with van der Waals surface area (Å²) in [6, 6.07) is -4.28. The van der Waals surface area contributed by atoms with Crippen LogP contribution in [0.5, 0.6) is 0 Å². The zero-order valence-corrected chi connectivity index (χ0v) is 22.8. The van der Waals surface area contributed by atoms with E-state index in [-0.39, 0.29) is 18.9 Å².